The fourth-order valence-electron chi connectivity index (χ4n) is 1.70. The zero-order valence-corrected chi connectivity index (χ0v) is 9.94. The van der Waals surface area contributed by atoms with Crippen molar-refractivity contribution in [3.63, 3.8) is 0 Å². The third-order valence-electron chi connectivity index (χ3n) is 2.65. The summed E-state index contributed by atoms with van der Waals surface area (Å²) in [6.07, 6.45) is 5.74. The number of aromatic nitrogens is 4. The standard InChI is InChI=1S/C11H17N5/c1-9-10(7-16(3)14-9)4-12-5-11-6-13-8-15(11)2/h6-8,12H,4-5H2,1-3H3. The lowest BCUT2D eigenvalue weighted by Crippen LogP contribution is -2.14. The first kappa shape index (κ1) is 10.9. The Morgan fingerprint density at radius 1 is 1.31 bits per heavy atom. The molecule has 0 fully saturated rings. The van der Waals surface area contributed by atoms with Crippen LogP contribution in [0.5, 0.6) is 0 Å². The lowest BCUT2D eigenvalue weighted by Gasteiger charge is -2.04. The van der Waals surface area contributed by atoms with Crippen molar-refractivity contribution in [3.8, 4) is 0 Å². The second kappa shape index (κ2) is 4.49. The molecule has 0 aliphatic heterocycles. The summed E-state index contributed by atoms with van der Waals surface area (Å²) in [7, 11) is 3.94. The highest BCUT2D eigenvalue weighted by molar-refractivity contribution is 5.14. The summed E-state index contributed by atoms with van der Waals surface area (Å²) in [5.74, 6) is 0. The third-order valence-corrected chi connectivity index (χ3v) is 2.65. The number of imidazole rings is 1. The molecule has 0 spiro atoms. The van der Waals surface area contributed by atoms with Gasteiger partial charge >= 0.3 is 0 Å². The maximum atomic E-state index is 4.30. The predicted octanol–water partition coefficient (Wildman–Crippen LogP) is 0.752. The van der Waals surface area contributed by atoms with E-state index in [2.05, 4.69) is 15.4 Å². The van der Waals surface area contributed by atoms with E-state index in [4.69, 9.17) is 0 Å². The van der Waals surface area contributed by atoms with Crippen LogP contribution >= 0.6 is 0 Å². The van der Waals surface area contributed by atoms with Crippen LogP contribution in [0.25, 0.3) is 0 Å². The van der Waals surface area contributed by atoms with E-state index in [0.29, 0.717) is 0 Å². The summed E-state index contributed by atoms with van der Waals surface area (Å²) < 4.78 is 3.86. The van der Waals surface area contributed by atoms with E-state index in [-0.39, 0.29) is 0 Å². The predicted molar refractivity (Wildman–Crippen MR) is 61.7 cm³/mol. The van der Waals surface area contributed by atoms with Crippen molar-refractivity contribution < 1.29 is 0 Å². The third kappa shape index (κ3) is 2.30. The van der Waals surface area contributed by atoms with Crippen LogP contribution in [0.15, 0.2) is 18.7 Å². The highest BCUT2D eigenvalue weighted by atomic mass is 15.2. The summed E-state index contributed by atoms with van der Waals surface area (Å²) in [6.45, 7) is 3.69. The van der Waals surface area contributed by atoms with E-state index < -0.39 is 0 Å². The maximum Gasteiger partial charge on any atom is 0.0945 e. The summed E-state index contributed by atoms with van der Waals surface area (Å²) in [6, 6.07) is 0. The van der Waals surface area contributed by atoms with Gasteiger partial charge in [-0.2, -0.15) is 5.10 Å². The molecular weight excluding hydrogens is 202 g/mol. The van der Waals surface area contributed by atoms with E-state index in [9.17, 15) is 0 Å². The Hall–Kier alpha value is -1.62. The first-order valence-electron chi connectivity index (χ1n) is 5.32. The number of nitrogens with zero attached hydrogens (tertiary/aromatic N) is 4. The maximum absolute atomic E-state index is 4.30. The average molecular weight is 219 g/mol. The lowest BCUT2D eigenvalue weighted by atomic mass is 10.2. The molecule has 5 nitrogen and oxygen atoms in total. The first-order valence-corrected chi connectivity index (χ1v) is 5.32. The Morgan fingerprint density at radius 2 is 2.12 bits per heavy atom. The van der Waals surface area contributed by atoms with Crippen LogP contribution in [-0.4, -0.2) is 19.3 Å². The normalized spacial score (nSPS) is 10.9. The van der Waals surface area contributed by atoms with Gasteiger partial charge in [-0.1, -0.05) is 0 Å². The fourth-order valence-corrected chi connectivity index (χ4v) is 1.70. The Bertz CT molecular complexity index is 468. The smallest absolute Gasteiger partial charge is 0.0945 e. The van der Waals surface area contributed by atoms with Crippen LogP contribution in [0.1, 0.15) is 17.0 Å². The first-order chi connectivity index (χ1) is 7.66. The minimum absolute atomic E-state index is 0.824. The van der Waals surface area contributed by atoms with Gasteiger partial charge in [-0.05, 0) is 6.92 Å². The van der Waals surface area contributed by atoms with Gasteiger partial charge in [-0.25, -0.2) is 4.98 Å². The molecule has 2 aromatic rings. The number of hydrogen-bond donors (Lipinski definition) is 1. The van der Waals surface area contributed by atoms with Crippen LogP contribution in [0.3, 0.4) is 0 Å². The van der Waals surface area contributed by atoms with Crippen LogP contribution in [0.4, 0.5) is 0 Å². The molecule has 0 saturated carbocycles. The zero-order valence-electron chi connectivity index (χ0n) is 9.94. The van der Waals surface area contributed by atoms with Gasteiger partial charge in [0.15, 0.2) is 0 Å². The molecule has 0 aliphatic rings. The number of nitrogens with one attached hydrogen (secondary N) is 1. The molecule has 0 unspecified atom stereocenters. The molecule has 2 heterocycles. The van der Waals surface area contributed by atoms with E-state index in [1.54, 1.807) is 0 Å². The van der Waals surface area contributed by atoms with Gasteiger partial charge in [0.1, 0.15) is 0 Å². The van der Waals surface area contributed by atoms with Crippen LogP contribution in [0.2, 0.25) is 0 Å². The van der Waals surface area contributed by atoms with Gasteiger partial charge in [0.25, 0.3) is 0 Å². The number of aryl methyl sites for hydroxylation is 3. The van der Waals surface area contributed by atoms with E-state index >= 15 is 0 Å². The molecule has 2 aromatic heterocycles. The molecule has 0 atom stereocenters. The van der Waals surface area contributed by atoms with E-state index in [1.807, 2.05) is 49.0 Å². The second-order valence-electron chi connectivity index (χ2n) is 4.01. The number of hydrogen-bond acceptors (Lipinski definition) is 3. The van der Waals surface area contributed by atoms with E-state index in [1.165, 1.54) is 11.3 Å². The summed E-state index contributed by atoms with van der Waals surface area (Å²) >= 11 is 0. The summed E-state index contributed by atoms with van der Waals surface area (Å²) in [4.78, 5) is 4.08. The molecule has 2 rings (SSSR count). The van der Waals surface area contributed by atoms with Crippen molar-refractivity contribution in [2.24, 2.45) is 14.1 Å². The number of rotatable bonds is 4. The Balaban J connectivity index is 1.89. The highest BCUT2D eigenvalue weighted by Crippen LogP contribution is 2.04. The molecule has 86 valence electrons. The molecular formula is C11H17N5. The van der Waals surface area contributed by atoms with Gasteiger partial charge in [0.05, 0.1) is 17.7 Å². The minimum Gasteiger partial charge on any atom is -0.337 e. The molecule has 0 radical (unpaired) electrons. The van der Waals surface area contributed by atoms with Crippen LogP contribution < -0.4 is 5.32 Å². The van der Waals surface area contributed by atoms with Gasteiger partial charge < -0.3 is 9.88 Å². The summed E-state index contributed by atoms with van der Waals surface area (Å²) in [5, 5.41) is 7.69. The Labute approximate surface area is 95.1 Å². The topological polar surface area (TPSA) is 47.7 Å². The summed E-state index contributed by atoms with van der Waals surface area (Å²) in [5.41, 5.74) is 3.51. The van der Waals surface area contributed by atoms with Crippen LogP contribution in [0, 0.1) is 6.92 Å². The zero-order chi connectivity index (χ0) is 11.5. The van der Waals surface area contributed by atoms with Gasteiger partial charge in [0, 0.05) is 45.1 Å². The Morgan fingerprint density at radius 3 is 2.69 bits per heavy atom. The molecule has 0 bridgehead atoms. The van der Waals surface area contributed by atoms with Crippen LogP contribution in [-0.2, 0) is 27.2 Å². The van der Waals surface area contributed by atoms with Crippen molar-refractivity contribution in [2.45, 2.75) is 20.0 Å². The lowest BCUT2D eigenvalue weighted by molar-refractivity contribution is 0.653. The quantitative estimate of drug-likeness (QED) is 0.825. The van der Waals surface area contributed by atoms with Crippen molar-refractivity contribution in [2.75, 3.05) is 0 Å². The van der Waals surface area contributed by atoms with Crippen molar-refractivity contribution in [3.05, 3.63) is 35.7 Å². The largest absolute Gasteiger partial charge is 0.337 e. The molecule has 1 N–H and O–H groups in total. The molecule has 0 saturated heterocycles. The fraction of sp³-hybridized carbons (Fsp3) is 0.455. The SMILES string of the molecule is Cc1nn(C)cc1CNCc1cncn1C. The van der Waals surface area contributed by atoms with Crippen molar-refractivity contribution in [1.82, 2.24) is 24.6 Å². The van der Waals surface area contributed by atoms with Crippen molar-refractivity contribution >= 4 is 0 Å². The average Bonchev–Trinajstić information content (AvgIpc) is 2.75. The molecule has 0 amide bonds. The van der Waals surface area contributed by atoms with Crippen molar-refractivity contribution in [1.29, 1.82) is 0 Å². The van der Waals surface area contributed by atoms with Gasteiger partial charge in [-0.15, -0.1) is 0 Å². The van der Waals surface area contributed by atoms with Gasteiger partial charge in [-0.3, -0.25) is 4.68 Å². The molecule has 5 heteroatoms. The highest BCUT2D eigenvalue weighted by Gasteiger charge is 2.03. The Kier molecular flexibility index (Phi) is 3.05. The minimum atomic E-state index is 0.824. The molecule has 0 aromatic carbocycles. The van der Waals surface area contributed by atoms with E-state index in [0.717, 1.165) is 18.8 Å². The van der Waals surface area contributed by atoms with Gasteiger partial charge in [0.2, 0.25) is 0 Å². The second-order valence-corrected chi connectivity index (χ2v) is 4.01. The monoisotopic (exact) mass is 219 g/mol. The molecule has 0 aliphatic carbocycles. The molecule has 16 heavy (non-hydrogen) atoms.